The molecule has 0 aliphatic carbocycles. The van der Waals surface area contributed by atoms with E-state index >= 15 is 0 Å². The maximum absolute atomic E-state index is 12.7. The molecule has 0 aromatic heterocycles. The first-order chi connectivity index (χ1) is 17.1. The summed E-state index contributed by atoms with van der Waals surface area (Å²) >= 11 is 0. The lowest BCUT2D eigenvalue weighted by Crippen LogP contribution is -2.31. The molecule has 1 aliphatic rings. The van der Waals surface area contributed by atoms with E-state index in [0.717, 1.165) is 5.56 Å². The molecule has 0 saturated heterocycles. The number of carbonyl (C=O) groups excluding carboxylic acids is 4. The van der Waals surface area contributed by atoms with Crippen LogP contribution in [-0.4, -0.2) is 35.1 Å². The number of hydrogen-bond acceptors (Lipinski definition) is 4. The van der Waals surface area contributed by atoms with Gasteiger partial charge in [-0.3, -0.25) is 24.1 Å². The third kappa shape index (κ3) is 5.51. The highest BCUT2D eigenvalue weighted by Gasteiger charge is 2.34. The van der Waals surface area contributed by atoms with Crippen molar-refractivity contribution in [3.05, 3.63) is 95.1 Å². The minimum absolute atomic E-state index is 0.00603. The van der Waals surface area contributed by atoms with Crippen molar-refractivity contribution in [2.75, 3.05) is 17.2 Å². The zero-order chi connectivity index (χ0) is 25.9. The Labute approximate surface area is 210 Å². The van der Waals surface area contributed by atoms with Gasteiger partial charge in [0.2, 0.25) is 5.91 Å². The van der Waals surface area contributed by atoms with Crippen LogP contribution in [0.3, 0.4) is 0 Å². The van der Waals surface area contributed by atoms with E-state index in [0.29, 0.717) is 34.5 Å². The lowest BCUT2D eigenvalue weighted by atomic mass is 9.87. The van der Waals surface area contributed by atoms with Gasteiger partial charge in [-0.2, -0.15) is 0 Å². The lowest BCUT2D eigenvalue weighted by Gasteiger charge is -2.19. The van der Waals surface area contributed by atoms with E-state index in [1.807, 2.05) is 12.1 Å². The lowest BCUT2D eigenvalue weighted by molar-refractivity contribution is -0.116. The number of hydrogen-bond donors (Lipinski definition) is 2. The average molecular weight is 484 g/mol. The minimum Gasteiger partial charge on any atom is -0.326 e. The summed E-state index contributed by atoms with van der Waals surface area (Å²) in [4.78, 5) is 51.1. The Morgan fingerprint density at radius 1 is 0.778 bits per heavy atom. The normalized spacial score (nSPS) is 12.9. The molecule has 7 nitrogen and oxygen atoms in total. The van der Waals surface area contributed by atoms with E-state index < -0.39 is 0 Å². The molecule has 4 amide bonds. The molecule has 0 spiro atoms. The molecule has 0 bridgehead atoms. The van der Waals surface area contributed by atoms with Crippen LogP contribution in [-0.2, 0) is 10.2 Å². The number of nitrogens with one attached hydrogen (secondary N) is 2. The molecule has 3 aromatic rings. The summed E-state index contributed by atoms with van der Waals surface area (Å²) in [5.41, 5.74) is 3.60. The molecule has 4 rings (SSSR count). The number of fused-ring (bicyclic) bond motifs is 1. The van der Waals surface area contributed by atoms with E-state index in [-0.39, 0.29) is 42.0 Å². The first kappa shape index (κ1) is 24.9. The van der Waals surface area contributed by atoms with Gasteiger partial charge in [0, 0.05) is 29.9 Å². The molecule has 0 atom stereocenters. The second-order valence-electron chi connectivity index (χ2n) is 9.82. The van der Waals surface area contributed by atoms with Crippen LogP contribution >= 0.6 is 0 Å². The van der Waals surface area contributed by atoms with Crippen molar-refractivity contribution in [1.82, 2.24) is 4.90 Å². The number of imide groups is 1. The third-order valence-electron chi connectivity index (χ3n) is 6.08. The van der Waals surface area contributed by atoms with Crippen LogP contribution in [0.1, 0.15) is 70.3 Å². The molecule has 0 saturated carbocycles. The highest BCUT2D eigenvalue weighted by molar-refractivity contribution is 6.21. The fraction of sp³-hybridized carbons (Fsp3) is 0.241. The van der Waals surface area contributed by atoms with Crippen LogP contribution < -0.4 is 10.6 Å². The molecule has 1 heterocycles. The molecule has 7 heteroatoms. The summed E-state index contributed by atoms with van der Waals surface area (Å²) in [7, 11) is 0. The summed E-state index contributed by atoms with van der Waals surface area (Å²) in [5.74, 6) is -1.13. The zero-order valence-corrected chi connectivity index (χ0v) is 20.6. The van der Waals surface area contributed by atoms with E-state index in [4.69, 9.17) is 0 Å². The van der Waals surface area contributed by atoms with Gasteiger partial charge < -0.3 is 10.6 Å². The van der Waals surface area contributed by atoms with Gasteiger partial charge in [-0.05, 0) is 59.9 Å². The topological polar surface area (TPSA) is 95.6 Å². The van der Waals surface area contributed by atoms with E-state index in [9.17, 15) is 19.2 Å². The van der Waals surface area contributed by atoms with Crippen LogP contribution in [0, 0.1) is 0 Å². The van der Waals surface area contributed by atoms with Gasteiger partial charge in [0.15, 0.2) is 0 Å². The van der Waals surface area contributed by atoms with Gasteiger partial charge in [0.25, 0.3) is 17.7 Å². The van der Waals surface area contributed by atoms with Gasteiger partial charge >= 0.3 is 0 Å². The molecule has 0 radical (unpaired) electrons. The van der Waals surface area contributed by atoms with Crippen molar-refractivity contribution in [2.45, 2.75) is 39.0 Å². The van der Waals surface area contributed by atoms with Crippen LogP contribution in [0.4, 0.5) is 11.4 Å². The van der Waals surface area contributed by atoms with Gasteiger partial charge in [0.1, 0.15) is 0 Å². The van der Waals surface area contributed by atoms with E-state index in [1.165, 1.54) is 4.90 Å². The highest BCUT2D eigenvalue weighted by Crippen LogP contribution is 2.24. The second kappa shape index (κ2) is 10.2. The Kier molecular flexibility index (Phi) is 7.01. The quantitative estimate of drug-likeness (QED) is 0.449. The summed E-state index contributed by atoms with van der Waals surface area (Å²) in [6.45, 7) is 6.52. The summed E-state index contributed by atoms with van der Waals surface area (Å²) in [6.07, 6.45) is 0.488. The summed E-state index contributed by atoms with van der Waals surface area (Å²) < 4.78 is 0. The average Bonchev–Trinajstić information content (AvgIpc) is 3.09. The van der Waals surface area contributed by atoms with Crippen molar-refractivity contribution < 1.29 is 19.2 Å². The number of benzene rings is 3. The van der Waals surface area contributed by atoms with Crippen molar-refractivity contribution in [2.24, 2.45) is 0 Å². The maximum atomic E-state index is 12.7. The van der Waals surface area contributed by atoms with Gasteiger partial charge in [-0.25, -0.2) is 0 Å². The number of anilines is 2. The van der Waals surface area contributed by atoms with Gasteiger partial charge in [0.05, 0.1) is 11.1 Å². The second-order valence-corrected chi connectivity index (χ2v) is 9.82. The molecule has 1 aliphatic heterocycles. The number of carbonyl (C=O) groups is 4. The van der Waals surface area contributed by atoms with Gasteiger partial charge in [-0.1, -0.05) is 51.1 Å². The van der Waals surface area contributed by atoms with Crippen LogP contribution in [0.2, 0.25) is 0 Å². The summed E-state index contributed by atoms with van der Waals surface area (Å²) in [5, 5.41) is 5.66. The Bertz CT molecular complexity index is 1290. The van der Waals surface area contributed by atoms with Crippen molar-refractivity contribution >= 4 is 35.0 Å². The predicted octanol–water partition coefficient (Wildman–Crippen LogP) is 5.25. The standard InChI is InChI=1S/C29H29N3O4/c1-29(2,3)20-15-13-19(14-16-20)26(34)31-22-9-6-8-21(18-22)30-25(33)12-7-17-32-27(35)23-10-4-5-11-24(23)28(32)36/h4-6,8-11,13-16,18H,7,12,17H2,1-3H3,(H,30,33)(H,31,34). The van der Waals surface area contributed by atoms with Gasteiger partial charge in [-0.15, -0.1) is 0 Å². The van der Waals surface area contributed by atoms with Crippen LogP contribution in [0.25, 0.3) is 0 Å². The SMILES string of the molecule is CC(C)(C)c1ccc(C(=O)Nc2cccc(NC(=O)CCCN3C(=O)c4ccccc4C3=O)c2)cc1. The molecule has 2 N–H and O–H groups in total. The van der Waals surface area contributed by atoms with Crippen molar-refractivity contribution in [3.63, 3.8) is 0 Å². The smallest absolute Gasteiger partial charge is 0.261 e. The van der Waals surface area contributed by atoms with Crippen molar-refractivity contribution in [1.29, 1.82) is 0 Å². The van der Waals surface area contributed by atoms with E-state index in [2.05, 4.69) is 31.4 Å². The molecule has 36 heavy (non-hydrogen) atoms. The van der Waals surface area contributed by atoms with Crippen molar-refractivity contribution in [3.8, 4) is 0 Å². The minimum atomic E-state index is -0.326. The zero-order valence-electron chi connectivity index (χ0n) is 20.6. The van der Waals surface area contributed by atoms with E-state index in [1.54, 1.807) is 60.7 Å². The number of rotatable bonds is 7. The Hall–Kier alpha value is -4.26. The molecular formula is C29H29N3O4. The highest BCUT2D eigenvalue weighted by atomic mass is 16.2. The monoisotopic (exact) mass is 483 g/mol. The Morgan fingerprint density at radius 2 is 1.36 bits per heavy atom. The molecule has 0 unspecified atom stereocenters. The summed E-state index contributed by atoms with van der Waals surface area (Å²) in [6, 6.07) is 21.1. The molecule has 0 fully saturated rings. The first-order valence-corrected chi connectivity index (χ1v) is 11.9. The third-order valence-corrected chi connectivity index (χ3v) is 6.08. The number of nitrogens with zero attached hydrogens (tertiary/aromatic N) is 1. The fourth-order valence-corrected chi connectivity index (χ4v) is 4.06. The molecular weight excluding hydrogens is 454 g/mol. The maximum Gasteiger partial charge on any atom is 0.261 e. The Balaban J connectivity index is 1.29. The largest absolute Gasteiger partial charge is 0.326 e. The molecule has 3 aromatic carbocycles. The first-order valence-electron chi connectivity index (χ1n) is 11.9. The predicted molar refractivity (Wildman–Crippen MR) is 139 cm³/mol. The van der Waals surface area contributed by atoms with Crippen LogP contribution in [0.15, 0.2) is 72.8 Å². The Morgan fingerprint density at radius 3 is 1.94 bits per heavy atom. The van der Waals surface area contributed by atoms with Crippen LogP contribution in [0.5, 0.6) is 0 Å². The molecule has 184 valence electrons. The fourth-order valence-electron chi connectivity index (χ4n) is 4.06. The number of amides is 4.